The first-order chi connectivity index (χ1) is 6.82. The minimum Gasteiger partial charge on any atom is -0.386 e. The van der Waals surface area contributed by atoms with Crippen LogP contribution in [0.4, 0.5) is 13.2 Å². The smallest absolute Gasteiger partial charge is 0.386 e. The van der Waals surface area contributed by atoms with Gasteiger partial charge >= 0.3 is 12.1 Å². The Morgan fingerprint density at radius 2 is 2.00 bits per heavy atom. The van der Waals surface area contributed by atoms with Gasteiger partial charge in [-0.1, -0.05) is 0 Å². The van der Waals surface area contributed by atoms with Crippen LogP contribution < -0.4 is 5.32 Å². The summed E-state index contributed by atoms with van der Waals surface area (Å²) in [5.74, 6) is -2.14. The molecule has 0 unspecified atom stereocenters. The van der Waals surface area contributed by atoms with Gasteiger partial charge < -0.3 is 20.3 Å². The molecule has 3 N–H and O–H groups in total. The highest BCUT2D eigenvalue weighted by atomic mass is 19.4. The Hall–Kier alpha value is -0.860. The van der Waals surface area contributed by atoms with Crippen molar-refractivity contribution in [2.45, 2.75) is 31.0 Å². The number of rotatable bonds is 1. The lowest BCUT2D eigenvalue weighted by molar-refractivity contribution is -0.201. The van der Waals surface area contributed by atoms with E-state index in [0.717, 1.165) is 0 Å². The number of alkyl halides is 3. The number of amides is 1. The maximum Gasteiger partial charge on any atom is 0.471 e. The molecule has 1 heterocycles. The highest BCUT2D eigenvalue weighted by Gasteiger charge is 2.42. The number of hydrogen-bond donors (Lipinski definition) is 3. The molecule has 0 spiro atoms. The average Bonchev–Trinajstić information content (AvgIpc) is 2.11. The topological polar surface area (TPSA) is 78.8 Å². The van der Waals surface area contributed by atoms with Crippen molar-refractivity contribution in [3.63, 3.8) is 0 Å². The minimum atomic E-state index is -5.00. The van der Waals surface area contributed by atoms with E-state index in [2.05, 4.69) is 4.74 Å². The van der Waals surface area contributed by atoms with E-state index in [0.29, 0.717) is 0 Å². The normalized spacial score (nSPS) is 32.5. The van der Waals surface area contributed by atoms with Crippen LogP contribution >= 0.6 is 0 Å². The van der Waals surface area contributed by atoms with Crippen LogP contribution in [-0.4, -0.2) is 47.3 Å². The molecular formula is C7H10F3NO4. The molecule has 1 saturated heterocycles. The molecule has 5 nitrogen and oxygen atoms in total. The molecule has 1 aliphatic heterocycles. The maximum absolute atomic E-state index is 11.8. The molecule has 0 saturated carbocycles. The number of hydrogen-bond acceptors (Lipinski definition) is 4. The molecule has 1 fully saturated rings. The van der Waals surface area contributed by atoms with Gasteiger partial charge in [0.15, 0.2) is 6.29 Å². The monoisotopic (exact) mass is 229 g/mol. The molecule has 0 radical (unpaired) electrons. The molecule has 1 aliphatic rings. The van der Waals surface area contributed by atoms with Gasteiger partial charge in [-0.2, -0.15) is 13.2 Å². The van der Waals surface area contributed by atoms with Crippen LogP contribution in [0.1, 0.15) is 6.42 Å². The number of ether oxygens (including phenoxy) is 1. The predicted molar refractivity (Wildman–Crippen MR) is 40.6 cm³/mol. The van der Waals surface area contributed by atoms with E-state index in [1.54, 1.807) is 5.32 Å². The Morgan fingerprint density at radius 3 is 2.53 bits per heavy atom. The maximum atomic E-state index is 11.8. The highest BCUT2D eigenvalue weighted by Crippen LogP contribution is 2.18. The van der Waals surface area contributed by atoms with E-state index in [4.69, 9.17) is 5.11 Å². The first-order valence-corrected chi connectivity index (χ1v) is 4.18. The zero-order valence-electron chi connectivity index (χ0n) is 7.49. The summed E-state index contributed by atoms with van der Waals surface area (Å²) < 4.78 is 40.1. The molecule has 15 heavy (non-hydrogen) atoms. The number of aliphatic hydroxyl groups is 2. The third-order valence-corrected chi connectivity index (χ3v) is 2.00. The second kappa shape index (κ2) is 4.33. The quantitative estimate of drug-likeness (QED) is 0.546. The fourth-order valence-electron chi connectivity index (χ4n) is 1.19. The van der Waals surface area contributed by atoms with E-state index < -0.39 is 30.5 Å². The molecule has 1 rings (SSSR count). The molecule has 88 valence electrons. The fourth-order valence-corrected chi connectivity index (χ4v) is 1.19. The van der Waals surface area contributed by atoms with Crippen LogP contribution in [0.3, 0.4) is 0 Å². The van der Waals surface area contributed by atoms with Crippen LogP contribution in [0, 0.1) is 0 Å². The molecular weight excluding hydrogens is 219 g/mol. The van der Waals surface area contributed by atoms with Crippen molar-refractivity contribution in [3.05, 3.63) is 0 Å². The van der Waals surface area contributed by atoms with Gasteiger partial charge in [0, 0.05) is 0 Å². The van der Waals surface area contributed by atoms with Gasteiger partial charge in [0.1, 0.15) is 6.10 Å². The molecule has 0 aromatic rings. The summed E-state index contributed by atoms with van der Waals surface area (Å²) in [5, 5.41) is 19.7. The van der Waals surface area contributed by atoms with Gasteiger partial charge in [-0.3, -0.25) is 4.79 Å². The Labute approximate surface area is 82.8 Å². The van der Waals surface area contributed by atoms with E-state index in [1.807, 2.05) is 0 Å². The van der Waals surface area contributed by atoms with Crippen molar-refractivity contribution in [2.75, 3.05) is 6.61 Å². The van der Waals surface area contributed by atoms with Crippen LogP contribution in [0.2, 0.25) is 0 Å². The Bertz CT molecular complexity index is 245. The van der Waals surface area contributed by atoms with Gasteiger partial charge in [0.2, 0.25) is 0 Å². The number of carbonyl (C=O) groups is 1. The van der Waals surface area contributed by atoms with Crippen molar-refractivity contribution in [1.82, 2.24) is 5.32 Å². The average molecular weight is 229 g/mol. The largest absolute Gasteiger partial charge is 0.471 e. The van der Waals surface area contributed by atoms with Crippen molar-refractivity contribution in [3.8, 4) is 0 Å². The second-order valence-corrected chi connectivity index (χ2v) is 3.12. The molecule has 0 aromatic heterocycles. The highest BCUT2D eigenvalue weighted by molar-refractivity contribution is 5.82. The Balaban J connectivity index is 2.54. The lowest BCUT2D eigenvalue weighted by Gasteiger charge is -2.32. The summed E-state index contributed by atoms with van der Waals surface area (Å²) in [7, 11) is 0. The summed E-state index contributed by atoms with van der Waals surface area (Å²) in [6, 6.07) is -1.15. The molecule has 3 atom stereocenters. The third-order valence-electron chi connectivity index (χ3n) is 2.00. The van der Waals surface area contributed by atoms with E-state index in [-0.39, 0.29) is 13.0 Å². The van der Waals surface area contributed by atoms with Gasteiger partial charge in [-0.05, 0) is 6.42 Å². The van der Waals surface area contributed by atoms with Crippen LogP contribution in [0.25, 0.3) is 0 Å². The minimum absolute atomic E-state index is 0.0139. The lowest BCUT2D eigenvalue weighted by atomic mass is 10.1. The number of carbonyl (C=O) groups excluding carboxylic acids is 1. The van der Waals surface area contributed by atoms with Gasteiger partial charge in [0.25, 0.3) is 0 Å². The van der Waals surface area contributed by atoms with Crippen molar-refractivity contribution in [2.24, 2.45) is 0 Å². The molecule has 8 heteroatoms. The Kier molecular flexibility index (Phi) is 3.53. The lowest BCUT2D eigenvalue weighted by Crippen LogP contribution is -2.55. The van der Waals surface area contributed by atoms with E-state index in [1.165, 1.54) is 0 Å². The standard InChI is InChI=1S/C7H10F3NO4/c8-7(9,10)6(14)11-3-1-2-15-5(13)4(3)12/h3-5,12-13H,1-2H2,(H,11,14)/t3-,4-,5-/m1/s1. The van der Waals surface area contributed by atoms with Crippen molar-refractivity contribution < 1.29 is 32.9 Å². The summed E-state index contributed by atoms with van der Waals surface area (Å²) >= 11 is 0. The van der Waals surface area contributed by atoms with Gasteiger partial charge in [-0.15, -0.1) is 0 Å². The van der Waals surface area contributed by atoms with Gasteiger partial charge in [0.05, 0.1) is 12.6 Å². The zero-order chi connectivity index (χ0) is 11.6. The molecule has 1 amide bonds. The van der Waals surface area contributed by atoms with Gasteiger partial charge in [-0.25, -0.2) is 0 Å². The SMILES string of the molecule is O=C(N[C@@H]1CCO[C@@H](O)[C@@H]1O)C(F)(F)F. The number of halogens is 3. The third kappa shape index (κ3) is 3.05. The first-order valence-electron chi connectivity index (χ1n) is 4.18. The van der Waals surface area contributed by atoms with E-state index >= 15 is 0 Å². The predicted octanol–water partition coefficient (Wildman–Crippen LogP) is -0.867. The summed E-state index contributed by atoms with van der Waals surface area (Å²) in [6.45, 7) is -0.0268. The van der Waals surface area contributed by atoms with Crippen molar-refractivity contribution in [1.29, 1.82) is 0 Å². The molecule has 0 aliphatic carbocycles. The molecule has 0 aromatic carbocycles. The fraction of sp³-hybridized carbons (Fsp3) is 0.857. The summed E-state index contributed by atoms with van der Waals surface area (Å²) in [5.41, 5.74) is 0. The van der Waals surface area contributed by atoms with Crippen LogP contribution in [-0.2, 0) is 9.53 Å². The Morgan fingerprint density at radius 1 is 1.40 bits per heavy atom. The second-order valence-electron chi connectivity index (χ2n) is 3.12. The zero-order valence-corrected chi connectivity index (χ0v) is 7.49. The number of aliphatic hydroxyl groups excluding tert-OH is 2. The van der Waals surface area contributed by atoms with E-state index in [9.17, 15) is 23.1 Å². The summed E-state index contributed by atoms with van der Waals surface area (Å²) in [4.78, 5) is 10.5. The van der Waals surface area contributed by atoms with Crippen LogP contribution in [0.5, 0.6) is 0 Å². The number of nitrogens with one attached hydrogen (secondary N) is 1. The first kappa shape index (κ1) is 12.2. The van der Waals surface area contributed by atoms with Crippen LogP contribution in [0.15, 0.2) is 0 Å². The molecule has 0 bridgehead atoms. The van der Waals surface area contributed by atoms with Crippen molar-refractivity contribution >= 4 is 5.91 Å². The summed E-state index contributed by atoms with van der Waals surface area (Å²) in [6.07, 6.45) is -8.11.